The molecule has 0 heterocycles. The molecule has 118 valence electrons. The SMILES string of the molecule is CCC[C@@H](C)NC(=O)CN(c1cccc(C)c1)S(C)(=O)=O. The molecule has 0 aliphatic heterocycles. The second kappa shape index (κ2) is 7.45. The smallest absolute Gasteiger partial charge is 0.240 e. The van der Waals surface area contributed by atoms with Gasteiger partial charge in [-0.05, 0) is 38.0 Å². The normalized spacial score (nSPS) is 12.8. The van der Waals surface area contributed by atoms with Gasteiger partial charge in [-0.2, -0.15) is 0 Å². The molecule has 1 amide bonds. The number of nitrogens with one attached hydrogen (secondary N) is 1. The highest BCUT2D eigenvalue weighted by Gasteiger charge is 2.21. The second-order valence-corrected chi connectivity index (χ2v) is 7.27. The zero-order chi connectivity index (χ0) is 16.0. The van der Waals surface area contributed by atoms with Gasteiger partial charge in [-0.15, -0.1) is 0 Å². The summed E-state index contributed by atoms with van der Waals surface area (Å²) in [4.78, 5) is 12.0. The minimum atomic E-state index is -3.51. The molecule has 1 rings (SSSR count). The number of hydrogen-bond acceptors (Lipinski definition) is 3. The monoisotopic (exact) mass is 312 g/mol. The summed E-state index contributed by atoms with van der Waals surface area (Å²) in [5.74, 6) is -0.289. The lowest BCUT2D eigenvalue weighted by atomic mass is 10.2. The molecular formula is C15H24N2O3S. The number of nitrogens with zero attached hydrogens (tertiary/aromatic N) is 1. The van der Waals surface area contributed by atoms with Crippen LogP contribution in [0.4, 0.5) is 5.69 Å². The van der Waals surface area contributed by atoms with Crippen LogP contribution in [0, 0.1) is 6.92 Å². The van der Waals surface area contributed by atoms with Gasteiger partial charge in [0.1, 0.15) is 6.54 Å². The lowest BCUT2D eigenvalue weighted by molar-refractivity contribution is -0.120. The van der Waals surface area contributed by atoms with Crippen LogP contribution in [0.2, 0.25) is 0 Å². The summed E-state index contributed by atoms with van der Waals surface area (Å²) < 4.78 is 25.0. The van der Waals surface area contributed by atoms with Crippen LogP contribution in [0.5, 0.6) is 0 Å². The molecule has 0 aliphatic rings. The van der Waals surface area contributed by atoms with E-state index in [-0.39, 0.29) is 18.5 Å². The average Bonchev–Trinajstić information content (AvgIpc) is 2.34. The van der Waals surface area contributed by atoms with Crippen LogP contribution < -0.4 is 9.62 Å². The van der Waals surface area contributed by atoms with Gasteiger partial charge < -0.3 is 5.32 Å². The molecular weight excluding hydrogens is 288 g/mol. The first-order valence-corrected chi connectivity index (χ1v) is 8.92. The van der Waals surface area contributed by atoms with Gasteiger partial charge in [0, 0.05) is 6.04 Å². The van der Waals surface area contributed by atoms with Crippen LogP contribution in [-0.2, 0) is 14.8 Å². The van der Waals surface area contributed by atoms with E-state index in [1.165, 1.54) is 0 Å². The molecule has 0 bridgehead atoms. The predicted octanol–water partition coefficient (Wildman–Crippen LogP) is 2.07. The Kier molecular flexibility index (Phi) is 6.20. The molecule has 1 atom stereocenters. The summed E-state index contributed by atoms with van der Waals surface area (Å²) in [7, 11) is -3.51. The number of aryl methyl sites for hydroxylation is 1. The first-order chi connectivity index (χ1) is 9.74. The first kappa shape index (κ1) is 17.5. The molecule has 1 N–H and O–H groups in total. The first-order valence-electron chi connectivity index (χ1n) is 7.07. The van der Waals surface area contributed by atoms with E-state index in [1.54, 1.807) is 18.2 Å². The highest BCUT2D eigenvalue weighted by Crippen LogP contribution is 2.18. The van der Waals surface area contributed by atoms with Crippen LogP contribution in [-0.4, -0.2) is 33.2 Å². The highest BCUT2D eigenvalue weighted by atomic mass is 32.2. The third-order valence-corrected chi connectivity index (χ3v) is 4.25. The van der Waals surface area contributed by atoms with E-state index in [0.29, 0.717) is 5.69 Å². The number of benzene rings is 1. The largest absolute Gasteiger partial charge is 0.352 e. The van der Waals surface area contributed by atoms with Gasteiger partial charge in [0.05, 0.1) is 11.9 Å². The van der Waals surface area contributed by atoms with Crippen molar-refractivity contribution in [3.05, 3.63) is 29.8 Å². The Morgan fingerprint density at radius 2 is 2.05 bits per heavy atom. The van der Waals surface area contributed by atoms with Gasteiger partial charge in [0.15, 0.2) is 0 Å². The Labute approximate surface area is 127 Å². The summed E-state index contributed by atoms with van der Waals surface area (Å²) in [6.45, 7) is 5.64. The third-order valence-electron chi connectivity index (χ3n) is 3.11. The summed E-state index contributed by atoms with van der Waals surface area (Å²) >= 11 is 0. The van der Waals surface area contributed by atoms with E-state index >= 15 is 0 Å². The Bertz CT molecular complexity index is 584. The molecule has 0 radical (unpaired) electrons. The molecule has 1 aromatic carbocycles. The number of carbonyl (C=O) groups excluding carboxylic acids is 1. The summed E-state index contributed by atoms with van der Waals surface area (Å²) in [6.07, 6.45) is 2.95. The molecule has 21 heavy (non-hydrogen) atoms. The van der Waals surface area contributed by atoms with Crippen LogP contribution in [0.1, 0.15) is 32.3 Å². The predicted molar refractivity (Wildman–Crippen MR) is 85.9 cm³/mol. The quantitative estimate of drug-likeness (QED) is 0.838. The maximum absolute atomic E-state index is 12.0. The van der Waals surface area contributed by atoms with E-state index < -0.39 is 10.0 Å². The molecule has 0 saturated heterocycles. The fraction of sp³-hybridized carbons (Fsp3) is 0.533. The fourth-order valence-electron chi connectivity index (χ4n) is 2.14. The van der Waals surface area contributed by atoms with E-state index in [9.17, 15) is 13.2 Å². The van der Waals surface area contributed by atoms with Gasteiger partial charge in [0.2, 0.25) is 15.9 Å². The Balaban J connectivity index is 2.89. The molecule has 1 aromatic rings. The molecule has 0 aliphatic carbocycles. The highest BCUT2D eigenvalue weighted by molar-refractivity contribution is 7.92. The molecule has 5 nitrogen and oxygen atoms in total. The molecule has 0 fully saturated rings. The van der Waals surface area contributed by atoms with Crippen molar-refractivity contribution in [1.82, 2.24) is 5.32 Å². The van der Waals surface area contributed by atoms with Crippen LogP contribution in [0.25, 0.3) is 0 Å². The third kappa shape index (κ3) is 5.75. The number of carbonyl (C=O) groups is 1. The number of sulfonamides is 1. The minimum Gasteiger partial charge on any atom is -0.352 e. The number of rotatable bonds is 7. The molecule has 0 saturated carbocycles. The molecule has 0 spiro atoms. The molecule has 6 heteroatoms. The standard InChI is InChI=1S/C15H24N2O3S/c1-5-7-13(3)16-15(18)11-17(21(4,19)20)14-9-6-8-12(2)10-14/h6,8-10,13H,5,7,11H2,1-4H3,(H,16,18)/t13-/m1/s1. The van der Waals surface area contributed by atoms with Crippen molar-refractivity contribution in [2.24, 2.45) is 0 Å². The fourth-order valence-corrected chi connectivity index (χ4v) is 2.99. The number of amides is 1. The van der Waals surface area contributed by atoms with Crippen molar-refractivity contribution >= 4 is 21.6 Å². The van der Waals surface area contributed by atoms with Gasteiger partial charge >= 0.3 is 0 Å². The lowest BCUT2D eigenvalue weighted by Gasteiger charge is -2.23. The van der Waals surface area contributed by atoms with Gasteiger partial charge in [-0.1, -0.05) is 25.5 Å². The minimum absolute atomic E-state index is 0.0430. The Morgan fingerprint density at radius 1 is 1.38 bits per heavy atom. The Morgan fingerprint density at radius 3 is 2.57 bits per heavy atom. The van der Waals surface area contributed by atoms with Crippen molar-refractivity contribution in [2.75, 3.05) is 17.1 Å². The van der Waals surface area contributed by atoms with Crippen molar-refractivity contribution in [3.8, 4) is 0 Å². The van der Waals surface area contributed by atoms with Crippen molar-refractivity contribution < 1.29 is 13.2 Å². The maximum atomic E-state index is 12.0. The van der Waals surface area contributed by atoms with Gasteiger partial charge in [-0.3, -0.25) is 9.10 Å². The van der Waals surface area contributed by atoms with Crippen molar-refractivity contribution in [1.29, 1.82) is 0 Å². The topological polar surface area (TPSA) is 66.5 Å². The van der Waals surface area contributed by atoms with Crippen molar-refractivity contribution in [3.63, 3.8) is 0 Å². The maximum Gasteiger partial charge on any atom is 0.240 e. The van der Waals surface area contributed by atoms with Crippen LogP contribution >= 0.6 is 0 Å². The van der Waals surface area contributed by atoms with E-state index in [0.717, 1.165) is 29.0 Å². The summed E-state index contributed by atoms with van der Waals surface area (Å²) in [6, 6.07) is 7.15. The van der Waals surface area contributed by atoms with E-state index in [1.807, 2.05) is 26.8 Å². The zero-order valence-electron chi connectivity index (χ0n) is 13.1. The second-order valence-electron chi connectivity index (χ2n) is 5.37. The number of anilines is 1. The van der Waals surface area contributed by atoms with E-state index in [4.69, 9.17) is 0 Å². The van der Waals surface area contributed by atoms with Gasteiger partial charge in [-0.25, -0.2) is 8.42 Å². The Hall–Kier alpha value is -1.56. The average molecular weight is 312 g/mol. The number of hydrogen-bond donors (Lipinski definition) is 1. The van der Waals surface area contributed by atoms with Crippen molar-refractivity contribution in [2.45, 2.75) is 39.7 Å². The van der Waals surface area contributed by atoms with Crippen LogP contribution in [0.3, 0.4) is 0 Å². The summed E-state index contributed by atoms with van der Waals surface area (Å²) in [5.41, 5.74) is 1.46. The van der Waals surface area contributed by atoms with Gasteiger partial charge in [0.25, 0.3) is 0 Å². The summed E-state index contributed by atoms with van der Waals surface area (Å²) in [5, 5.41) is 2.82. The lowest BCUT2D eigenvalue weighted by Crippen LogP contribution is -2.43. The molecule has 0 unspecified atom stereocenters. The molecule has 0 aromatic heterocycles. The zero-order valence-corrected chi connectivity index (χ0v) is 13.9. The van der Waals surface area contributed by atoms with E-state index in [2.05, 4.69) is 5.32 Å². The van der Waals surface area contributed by atoms with Crippen LogP contribution in [0.15, 0.2) is 24.3 Å².